The second-order valence-electron chi connectivity index (χ2n) is 23.8. The van der Waals surface area contributed by atoms with Crippen LogP contribution in [0.25, 0.3) is 0 Å². The van der Waals surface area contributed by atoms with Crippen molar-refractivity contribution >= 4 is 30.0 Å². The summed E-state index contributed by atoms with van der Waals surface area (Å²) in [6, 6.07) is 5.51. The maximum atomic E-state index is 13.3. The number of benzene rings is 1. The van der Waals surface area contributed by atoms with Gasteiger partial charge in [-0.05, 0) is 125 Å². The van der Waals surface area contributed by atoms with Crippen molar-refractivity contribution in [3.8, 4) is 0 Å². The zero-order valence-electron chi connectivity index (χ0n) is 53.7. The van der Waals surface area contributed by atoms with Crippen LogP contribution in [0, 0.1) is 5.92 Å². The molecule has 1 aliphatic rings. The number of unbranched alkanes of at least 4 members (excludes halogenated alkanes) is 23. The molecule has 0 radical (unpaired) electrons. The van der Waals surface area contributed by atoms with E-state index in [4.69, 9.17) is 33.2 Å². The normalized spacial score (nSPS) is 13.3. The zero-order valence-corrected chi connectivity index (χ0v) is 53.7. The molecule has 0 aromatic heterocycles. The molecule has 1 aliphatic heterocycles. The summed E-state index contributed by atoms with van der Waals surface area (Å²) in [7, 11) is 0. The number of rotatable bonds is 57. The lowest BCUT2D eigenvalue weighted by Crippen LogP contribution is -2.35. The first-order valence-electron chi connectivity index (χ1n) is 34.2. The van der Waals surface area contributed by atoms with Crippen molar-refractivity contribution in [3.05, 3.63) is 34.9 Å². The van der Waals surface area contributed by atoms with Gasteiger partial charge in [0.15, 0.2) is 6.29 Å². The van der Waals surface area contributed by atoms with E-state index in [0.717, 1.165) is 83.8 Å². The second-order valence-corrected chi connectivity index (χ2v) is 23.8. The van der Waals surface area contributed by atoms with Crippen molar-refractivity contribution in [2.75, 3.05) is 46.0 Å². The minimum absolute atomic E-state index is 0.0169. The van der Waals surface area contributed by atoms with Crippen molar-refractivity contribution in [1.29, 1.82) is 0 Å². The van der Waals surface area contributed by atoms with Gasteiger partial charge >= 0.3 is 30.0 Å². The van der Waals surface area contributed by atoms with Crippen LogP contribution in [0.2, 0.25) is 0 Å². The quantitative estimate of drug-likeness (QED) is 0.0284. The number of carbonyl (C=O) groups is 5. The van der Waals surface area contributed by atoms with E-state index in [-0.39, 0.29) is 57.0 Å². The van der Waals surface area contributed by atoms with Crippen LogP contribution >= 0.6 is 0 Å². The molecule has 83 heavy (non-hydrogen) atoms. The van der Waals surface area contributed by atoms with Crippen LogP contribution in [0.3, 0.4) is 0 Å². The molecular weight excluding hydrogens is 1050 g/mol. The lowest BCUT2D eigenvalue weighted by atomic mass is 9.95. The molecule has 0 saturated carbocycles. The number of amides is 1. The minimum atomic E-state index is -0.485. The maximum absolute atomic E-state index is 13.3. The summed E-state index contributed by atoms with van der Waals surface area (Å²) in [6.07, 6.45) is 37.8. The Morgan fingerprint density at radius 1 is 0.434 bits per heavy atom. The molecule has 2 atom stereocenters. The maximum Gasteiger partial charge on any atom is 0.407 e. The van der Waals surface area contributed by atoms with Gasteiger partial charge in [0.25, 0.3) is 0 Å². The van der Waals surface area contributed by atoms with Gasteiger partial charge in [-0.3, -0.25) is 19.2 Å². The number of esters is 4. The Kier molecular flexibility index (Phi) is 48.8. The van der Waals surface area contributed by atoms with Crippen LogP contribution in [0.1, 0.15) is 308 Å². The minimum Gasteiger partial charge on any atom is -0.465 e. The van der Waals surface area contributed by atoms with Crippen LogP contribution in [0.5, 0.6) is 0 Å². The predicted octanol–water partition coefficient (Wildman–Crippen LogP) is 17.4. The Morgan fingerprint density at radius 3 is 1.30 bits per heavy atom. The summed E-state index contributed by atoms with van der Waals surface area (Å²) < 4.78 is 41.4. The highest BCUT2D eigenvalue weighted by Gasteiger charge is 2.20. The number of hydrogen-bond donors (Lipinski definition) is 1. The Morgan fingerprint density at radius 2 is 0.819 bits per heavy atom. The van der Waals surface area contributed by atoms with E-state index in [9.17, 15) is 24.0 Å². The number of alkyl carbamates (subject to hydrolysis) is 1. The van der Waals surface area contributed by atoms with Gasteiger partial charge in [0.05, 0.1) is 13.0 Å². The number of likely N-dealkylation sites (tertiary alicyclic amines) is 1. The van der Waals surface area contributed by atoms with E-state index in [2.05, 4.69) is 44.8 Å². The van der Waals surface area contributed by atoms with Gasteiger partial charge in [0.1, 0.15) is 25.9 Å². The first-order chi connectivity index (χ1) is 40.6. The third kappa shape index (κ3) is 44.4. The average Bonchev–Trinajstić information content (AvgIpc) is 4.05. The highest BCUT2D eigenvalue weighted by Crippen LogP contribution is 2.22. The average molecular weight is 1170 g/mol. The molecule has 1 heterocycles. The molecule has 14 heteroatoms. The van der Waals surface area contributed by atoms with Gasteiger partial charge in [-0.2, -0.15) is 0 Å². The molecule has 14 nitrogen and oxygen atoms in total. The largest absolute Gasteiger partial charge is 0.465 e. The molecule has 1 aromatic rings. The number of ether oxygens (including phenoxy) is 7. The van der Waals surface area contributed by atoms with E-state index in [1.54, 1.807) is 0 Å². The highest BCUT2D eigenvalue weighted by atomic mass is 16.7. The van der Waals surface area contributed by atoms with Gasteiger partial charge in [-0.1, -0.05) is 189 Å². The Balaban J connectivity index is 2.03. The first kappa shape index (κ1) is 75.3. The zero-order chi connectivity index (χ0) is 60.1. The van der Waals surface area contributed by atoms with Crippen LogP contribution < -0.4 is 5.32 Å². The summed E-state index contributed by atoms with van der Waals surface area (Å²) in [4.78, 5) is 67.6. The summed E-state index contributed by atoms with van der Waals surface area (Å²) >= 11 is 0. The Bertz CT molecular complexity index is 1740. The summed E-state index contributed by atoms with van der Waals surface area (Å²) in [5.41, 5.74) is 2.00. The van der Waals surface area contributed by atoms with E-state index < -0.39 is 24.5 Å². The lowest BCUT2D eigenvalue weighted by Gasteiger charge is -2.19. The molecular formula is C69H122N2O12. The van der Waals surface area contributed by atoms with E-state index in [1.807, 2.05) is 18.2 Å². The molecule has 480 valence electrons. The van der Waals surface area contributed by atoms with Crippen molar-refractivity contribution in [3.63, 3.8) is 0 Å². The topological polar surface area (TPSA) is 165 Å². The van der Waals surface area contributed by atoms with Gasteiger partial charge in [-0.25, -0.2) is 4.79 Å². The lowest BCUT2D eigenvalue weighted by molar-refractivity contribution is -0.160. The standard InChI is InChI=1S/C69H122N2O12/c1-6-11-16-21-24-29-38-59(37-28-19-14-9-4)55-79-64(72)40-31-27-32-41-65(73)80-56-60-52-61(57-81-66(74)43-42-63(39-30-20-15-10-5)83-69(76)70-46-49-71-47-33-34-48-71)54-62(53-60)58-82-67(75)44-45-68(77-50-35-25-22-17-12-7-2)78-51-36-26-23-18-13-8-3/h52-54,59,63,68H,6-51,55-58H2,1-5H3,(H,70,76). The molecule has 0 bridgehead atoms. The van der Waals surface area contributed by atoms with E-state index in [0.29, 0.717) is 93.9 Å². The third-order valence-electron chi connectivity index (χ3n) is 15.9. The van der Waals surface area contributed by atoms with Crippen molar-refractivity contribution in [1.82, 2.24) is 10.2 Å². The van der Waals surface area contributed by atoms with Crippen molar-refractivity contribution < 1.29 is 57.1 Å². The fourth-order valence-corrected chi connectivity index (χ4v) is 10.7. The number of hydrogen-bond acceptors (Lipinski definition) is 13. The van der Waals surface area contributed by atoms with E-state index >= 15 is 0 Å². The van der Waals surface area contributed by atoms with E-state index in [1.165, 1.54) is 128 Å². The van der Waals surface area contributed by atoms with Crippen LogP contribution in [0.15, 0.2) is 18.2 Å². The summed E-state index contributed by atoms with van der Waals surface area (Å²) in [5, 5.41) is 2.90. The van der Waals surface area contributed by atoms with Crippen molar-refractivity contribution in [2.24, 2.45) is 5.92 Å². The molecule has 0 aliphatic carbocycles. The predicted molar refractivity (Wildman–Crippen MR) is 334 cm³/mol. The number of nitrogens with zero attached hydrogens (tertiary/aromatic N) is 1. The van der Waals surface area contributed by atoms with Gasteiger partial charge in [-0.15, -0.1) is 0 Å². The van der Waals surface area contributed by atoms with Crippen LogP contribution in [0.4, 0.5) is 4.79 Å². The first-order valence-corrected chi connectivity index (χ1v) is 34.2. The molecule has 1 saturated heterocycles. The van der Waals surface area contributed by atoms with Gasteiger partial charge < -0.3 is 43.4 Å². The smallest absolute Gasteiger partial charge is 0.407 e. The summed E-state index contributed by atoms with van der Waals surface area (Å²) in [6.45, 7) is 16.1. The summed E-state index contributed by atoms with van der Waals surface area (Å²) in [5.74, 6) is -0.888. The Hall–Kier alpha value is -3.75. The van der Waals surface area contributed by atoms with Crippen LogP contribution in [-0.2, 0) is 72.2 Å². The molecule has 2 unspecified atom stereocenters. The van der Waals surface area contributed by atoms with Crippen LogP contribution in [-0.4, -0.2) is 93.3 Å². The fraction of sp³-hybridized carbons (Fsp3) is 0.841. The second kappa shape index (κ2) is 53.7. The monoisotopic (exact) mass is 1170 g/mol. The molecule has 1 amide bonds. The molecule has 1 aromatic carbocycles. The number of nitrogens with one attached hydrogen (secondary N) is 1. The van der Waals surface area contributed by atoms with Gasteiger partial charge in [0.2, 0.25) is 0 Å². The Labute approximate surface area is 505 Å². The van der Waals surface area contributed by atoms with Gasteiger partial charge in [0, 0.05) is 52.0 Å². The third-order valence-corrected chi connectivity index (χ3v) is 15.9. The molecule has 1 N–H and O–H groups in total. The molecule has 2 rings (SSSR count). The SMILES string of the molecule is CCCCCCCCOC(CCC(=O)OCc1cc(COC(=O)CCCCCC(=O)OCC(CCCCCC)CCCCCCCC)cc(COC(=O)CCC(CCCCCC)OC(=O)NCCN2CCCC2)c1)OCCCCCCCC. The van der Waals surface area contributed by atoms with Crippen molar-refractivity contribution in [2.45, 2.75) is 324 Å². The number of carbonyl (C=O) groups excluding carboxylic acids is 5. The molecule has 0 spiro atoms. The molecule has 1 fully saturated rings. The highest BCUT2D eigenvalue weighted by molar-refractivity contribution is 5.71. The fourth-order valence-electron chi connectivity index (χ4n) is 10.7.